The molecule has 2 rings (SSSR count). The van der Waals surface area contributed by atoms with Gasteiger partial charge in [-0.3, -0.25) is 4.79 Å². The highest BCUT2D eigenvalue weighted by Gasteiger charge is 2.18. The average Bonchev–Trinajstić information content (AvgIpc) is 3.03. The van der Waals surface area contributed by atoms with Crippen molar-refractivity contribution in [1.29, 1.82) is 0 Å². The van der Waals surface area contributed by atoms with Crippen molar-refractivity contribution >= 4 is 11.9 Å². The zero-order valence-electron chi connectivity index (χ0n) is 15.3. The number of nitrogens with zero attached hydrogens (tertiary/aromatic N) is 3. The molecule has 25 heavy (non-hydrogen) atoms. The Morgan fingerprint density at radius 3 is 3.00 bits per heavy atom. The van der Waals surface area contributed by atoms with Crippen LogP contribution < -0.4 is 15.4 Å². The number of amides is 1. The molecule has 1 amide bonds. The molecule has 1 saturated heterocycles. The van der Waals surface area contributed by atoms with Crippen LogP contribution in [0.25, 0.3) is 0 Å². The molecule has 0 aromatic carbocycles. The first-order valence-corrected chi connectivity index (χ1v) is 9.11. The summed E-state index contributed by atoms with van der Waals surface area (Å²) in [5.41, 5.74) is 0.962. The van der Waals surface area contributed by atoms with E-state index in [0.717, 1.165) is 50.5 Å². The Morgan fingerprint density at radius 1 is 1.40 bits per heavy atom. The molecule has 0 atom stereocenters. The summed E-state index contributed by atoms with van der Waals surface area (Å²) >= 11 is 0. The van der Waals surface area contributed by atoms with Crippen molar-refractivity contribution in [3.05, 3.63) is 23.9 Å². The standard InChI is InChI=1S/C18H29N5O2/c1-3-19-18(21-11-7-13-23-12-6-9-16(23)24)22-14-15-8-5-10-20-17(15)25-4-2/h5,8,10H,3-4,6-7,9,11-14H2,1-2H3,(H2,19,21,22). The number of likely N-dealkylation sites (tertiary alicyclic amines) is 1. The summed E-state index contributed by atoms with van der Waals surface area (Å²) in [4.78, 5) is 22.4. The van der Waals surface area contributed by atoms with E-state index in [1.165, 1.54) is 0 Å². The molecule has 2 heterocycles. The fourth-order valence-electron chi connectivity index (χ4n) is 2.73. The Balaban J connectivity index is 1.82. The lowest BCUT2D eigenvalue weighted by Crippen LogP contribution is -2.39. The van der Waals surface area contributed by atoms with E-state index in [-0.39, 0.29) is 5.91 Å². The van der Waals surface area contributed by atoms with Gasteiger partial charge in [0.05, 0.1) is 13.2 Å². The van der Waals surface area contributed by atoms with Crippen LogP contribution in [0.4, 0.5) is 0 Å². The van der Waals surface area contributed by atoms with Crippen LogP contribution in [0.15, 0.2) is 23.3 Å². The molecule has 0 spiro atoms. The summed E-state index contributed by atoms with van der Waals surface area (Å²) in [6, 6.07) is 3.87. The highest BCUT2D eigenvalue weighted by molar-refractivity contribution is 5.80. The van der Waals surface area contributed by atoms with Crippen LogP contribution in [0.1, 0.15) is 38.7 Å². The Bertz CT molecular complexity index is 576. The van der Waals surface area contributed by atoms with E-state index in [9.17, 15) is 4.79 Å². The maximum Gasteiger partial charge on any atom is 0.222 e. The number of hydrogen-bond acceptors (Lipinski definition) is 4. The van der Waals surface area contributed by atoms with Gasteiger partial charge in [0.2, 0.25) is 11.8 Å². The maximum absolute atomic E-state index is 11.6. The molecule has 138 valence electrons. The number of guanidine groups is 1. The maximum atomic E-state index is 11.6. The number of carbonyl (C=O) groups excluding carboxylic acids is 1. The summed E-state index contributed by atoms with van der Waals surface area (Å²) < 4.78 is 5.54. The minimum atomic E-state index is 0.278. The first kappa shape index (κ1) is 19.0. The van der Waals surface area contributed by atoms with Gasteiger partial charge in [-0.15, -0.1) is 0 Å². The Morgan fingerprint density at radius 2 is 2.28 bits per heavy atom. The zero-order chi connectivity index (χ0) is 17.9. The fourth-order valence-corrected chi connectivity index (χ4v) is 2.73. The average molecular weight is 347 g/mol. The second-order valence-electron chi connectivity index (χ2n) is 5.86. The number of aliphatic imine (C=N–C) groups is 1. The van der Waals surface area contributed by atoms with Gasteiger partial charge in [-0.05, 0) is 32.8 Å². The van der Waals surface area contributed by atoms with E-state index >= 15 is 0 Å². The monoisotopic (exact) mass is 347 g/mol. The number of rotatable bonds is 9. The van der Waals surface area contributed by atoms with Crippen molar-refractivity contribution in [2.24, 2.45) is 4.99 Å². The summed E-state index contributed by atoms with van der Waals surface area (Å²) in [5.74, 6) is 1.68. The predicted molar refractivity (Wildman–Crippen MR) is 98.7 cm³/mol. The molecule has 2 N–H and O–H groups in total. The van der Waals surface area contributed by atoms with E-state index in [1.54, 1.807) is 6.20 Å². The van der Waals surface area contributed by atoms with Crippen LogP contribution in [0.2, 0.25) is 0 Å². The lowest BCUT2D eigenvalue weighted by Gasteiger charge is -2.16. The van der Waals surface area contributed by atoms with Gasteiger partial charge in [0.1, 0.15) is 0 Å². The molecule has 7 heteroatoms. The van der Waals surface area contributed by atoms with Gasteiger partial charge >= 0.3 is 0 Å². The van der Waals surface area contributed by atoms with Crippen molar-refractivity contribution < 1.29 is 9.53 Å². The third-order valence-corrected chi connectivity index (χ3v) is 3.95. The second kappa shape index (κ2) is 10.5. The van der Waals surface area contributed by atoms with Gasteiger partial charge in [0, 0.05) is 44.4 Å². The van der Waals surface area contributed by atoms with Gasteiger partial charge < -0.3 is 20.3 Å². The largest absolute Gasteiger partial charge is 0.478 e. The molecule has 0 unspecified atom stereocenters. The van der Waals surface area contributed by atoms with E-state index < -0.39 is 0 Å². The van der Waals surface area contributed by atoms with Crippen LogP contribution >= 0.6 is 0 Å². The lowest BCUT2D eigenvalue weighted by molar-refractivity contribution is -0.127. The molecular formula is C18H29N5O2. The van der Waals surface area contributed by atoms with Crippen LogP contribution in [0, 0.1) is 0 Å². The van der Waals surface area contributed by atoms with Gasteiger partial charge in [-0.2, -0.15) is 0 Å². The summed E-state index contributed by atoms with van der Waals surface area (Å²) in [7, 11) is 0. The molecule has 0 bridgehead atoms. The first-order valence-electron chi connectivity index (χ1n) is 9.11. The molecular weight excluding hydrogens is 318 g/mol. The smallest absolute Gasteiger partial charge is 0.222 e. The van der Waals surface area contributed by atoms with Crippen LogP contribution in [-0.4, -0.2) is 54.5 Å². The second-order valence-corrected chi connectivity index (χ2v) is 5.86. The summed E-state index contributed by atoms with van der Waals surface area (Å²) in [6.07, 6.45) is 4.32. The number of nitrogens with one attached hydrogen (secondary N) is 2. The normalized spacial score (nSPS) is 14.7. The number of aromatic nitrogens is 1. The van der Waals surface area contributed by atoms with Crippen molar-refractivity contribution in [2.45, 2.75) is 39.7 Å². The SMILES string of the molecule is CCNC(=NCc1cccnc1OCC)NCCCN1CCCC1=O. The van der Waals surface area contributed by atoms with E-state index in [2.05, 4.69) is 20.6 Å². The molecule has 0 aliphatic carbocycles. The molecule has 0 saturated carbocycles. The molecule has 1 aliphatic rings. The molecule has 7 nitrogen and oxygen atoms in total. The van der Waals surface area contributed by atoms with Gasteiger partial charge in [-0.25, -0.2) is 9.98 Å². The fraction of sp³-hybridized carbons (Fsp3) is 0.611. The van der Waals surface area contributed by atoms with Crippen LogP contribution in [-0.2, 0) is 11.3 Å². The predicted octanol–water partition coefficient (Wildman–Crippen LogP) is 1.55. The van der Waals surface area contributed by atoms with Crippen molar-refractivity contribution in [3.63, 3.8) is 0 Å². The number of hydrogen-bond donors (Lipinski definition) is 2. The molecule has 1 aromatic heterocycles. The Kier molecular flexibility index (Phi) is 8.01. The van der Waals surface area contributed by atoms with E-state index in [1.807, 2.05) is 30.9 Å². The minimum Gasteiger partial charge on any atom is -0.478 e. The highest BCUT2D eigenvalue weighted by Crippen LogP contribution is 2.15. The number of ether oxygens (including phenoxy) is 1. The Hall–Kier alpha value is -2.31. The first-order chi connectivity index (χ1) is 12.2. The van der Waals surface area contributed by atoms with Crippen molar-refractivity contribution in [2.75, 3.05) is 32.8 Å². The third-order valence-electron chi connectivity index (χ3n) is 3.95. The quantitative estimate of drug-likeness (QED) is 0.402. The molecule has 0 radical (unpaired) electrons. The lowest BCUT2D eigenvalue weighted by atomic mass is 10.3. The van der Waals surface area contributed by atoms with Crippen molar-refractivity contribution in [1.82, 2.24) is 20.5 Å². The van der Waals surface area contributed by atoms with Gasteiger partial charge in [0.15, 0.2) is 5.96 Å². The number of pyridine rings is 1. The minimum absolute atomic E-state index is 0.278. The van der Waals surface area contributed by atoms with Crippen LogP contribution in [0.3, 0.4) is 0 Å². The summed E-state index contributed by atoms with van der Waals surface area (Å²) in [6.45, 7) is 8.35. The zero-order valence-corrected chi connectivity index (χ0v) is 15.3. The molecule has 1 fully saturated rings. The topological polar surface area (TPSA) is 78.9 Å². The van der Waals surface area contributed by atoms with E-state index in [4.69, 9.17) is 4.74 Å². The third kappa shape index (κ3) is 6.25. The van der Waals surface area contributed by atoms with E-state index in [0.29, 0.717) is 25.5 Å². The summed E-state index contributed by atoms with van der Waals surface area (Å²) in [5, 5.41) is 6.56. The van der Waals surface area contributed by atoms with Gasteiger partial charge in [0.25, 0.3) is 0 Å². The highest BCUT2D eigenvalue weighted by atomic mass is 16.5. The van der Waals surface area contributed by atoms with Crippen LogP contribution in [0.5, 0.6) is 5.88 Å². The molecule has 1 aliphatic heterocycles. The number of carbonyl (C=O) groups is 1. The molecule has 1 aromatic rings. The Labute approximate surface area is 149 Å². The van der Waals surface area contributed by atoms with Crippen molar-refractivity contribution in [3.8, 4) is 5.88 Å². The van der Waals surface area contributed by atoms with Gasteiger partial charge in [-0.1, -0.05) is 6.07 Å².